The van der Waals surface area contributed by atoms with Gasteiger partial charge in [-0.3, -0.25) is 0 Å². The van der Waals surface area contributed by atoms with E-state index in [2.05, 4.69) is 4.98 Å². The normalized spacial score (nSPS) is 11.3. The molecular formula is C13H10F3NO. The highest BCUT2D eigenvalue weighted by atomic mass is 19.4. The van der Waals surface area contributed by atoms with Crippen LogP contribution in [0.4, 0.5) is 13.2 Å². The zero-order valence-corrected chi connectivity index (χ0v) is 9.53. The van der Waals surface area contributed by atoms with Gasteiger partial charge in [0.2, 0.25) is 5.88 Å². The van der Waals surface area contributed by atoms with Crippen molar-refractivity contribution >= 4 is 0 Å². The van der Waals surface area contributed by atoms with Gasteiger partial charge < -0.3 is 4.74 Å². The van der Waals surface area contributed by atoms with Crippen molar-refractivity contribution in [3.8, 4) is 17.0 Å². The van der Waals surface area contributed by atoms with E-state index >= 15 is 0 Å². The third kappa shape index (κ3) is 2.45. The Morgan fingerprint density at radius 3 is 2.22 bits per heavy atom. The number of halogens is 3. The van der Waals surface area contributed by atoms with Crippen LogP contribution in [0.5, 0.6) is 5.88 Å². The van der Waals surface area contributed by atoms with Crippen LogP contribution in [0.15, 0.2) is 42.5 Å². The molecule has 0 saturated heterocycles. The summed E-state index contributed by atoms with van der Waals surface area (Å²) >= 11 is 0. The molecule has 0 bridgehead atoms. The van der Waals surface area contributed by atoms with E-state index in [0.717, 1.165) is 11.6 Å². The number of ether oxygens (including phenoxy) is 1. The second-order valence-corrected chi connectivity index (χ2v) is 3.62. The van der Waals surface area contributed by atoms with Crippen LogP contribution in [0.3, 0.4) is 0 Å². The highest BCUT2D eigenvalue weighted by Crippen LogP contribution is 2.33. The van der Waals surface area contributed by atoms with Crippen molar-refractivity contribution in [2.75, 3.05) is 7.11 Å². The van der Waals surface area contributed by atoms with Gasteiger partial charge in [-0.1, -0.05) is 30.3 Å². The molecule has 0 spiro atoms. The molecule has 0 N–H and O–H groups in total. The Hall–Kier alpha value is -2.04. The summed E-state index contributed by atoms with van der Waals surface area (Å²) in [6.45, 7) is 0. The van der Waals surface area contributed by atoms with Gasteiger partial charge in [0, 0.05) is 5.56 Å². The van der Waals surface area contributed by atoms with Crippen LogP contribution in [-0.2, 0) is 6.18 Å². The lowest BCUT2D eigenvalue weighted by molar-refractivity contribution is -0.141. The Kier molecular flexibility index (Phi) is 3.23. The fourth-order valence-corrected chi connectivity index (χ4v) is 1.59. The van der Waals surface area contributed by atoms with Crippen molar-refractivity contribution in [3.63, 3.8) is 0 Å². The van der Waals surface area contributed by atoms with Gasteiger partial charge in [0.15, 0.2) is 0 Å². The molecular weight excluding hydrogens is 243 g/mol. The summed E-state index contributed by atoms with van der Waals surface area (Å²) in [6, 6.07) is 11.3. The fourth-order valence-electron chi connectivity index (χ4n) is 1.59. The average molecular weight is 253 g/mol. The van der Waals surface area contributed by atoms with Gasteiger partial charge in [-0.25, -0.2) is 4.98 Å². The highest BCUT2D eigenvalue weighted by molar-refractivity contribution is 5.68. The largest absolute Gasteiger partial charge is 0.481 e. The molecule has 2 nitrogen and oxygen atoms in total. The standard InChI is InChI=1S/C13H10F3NO/c1-18-12-10(9-5-3-2-4-6-9)7-8-11(17-12)13(14,15)16/h2-8H,1H3. The van der Waals surface area contributed by atoms with Crippen molar-refractivity contribution in [1.29, 1.82) is 0 Å². The second kappa shape index (κ2) is 4.68. The molecule has 0 fully saturated rings. The lowest BCUT2D eigenvalue weighted by Crippen LogP contribution is -2.08. The summed E-state index contributed by atoms with van der Waals surface area (Å²) in [5.74, 6) is -0.0315. The lowest BCUT2D eigenvalue weighted by Gasteiger charge is -2.11. The minimum atomic E-state index is -4.47. The van der Waals surface area contributed by atoms with E-state index < -0.39 is 11.9 Å². The molecule has 18 heavy (non-hydrogen) atoms. The third-order valence-corrected chi connectivity index (χ3v) is 2.43. The van der Waals surface area contributed by atoms with Crippen LogP contribution in [0.1, 0.15) is 5.69 Å². The molecule has 0 amide bonds. The van der Waals surface area contributed by atoms with Gasteiger partial charge in [0.05, 0.1) is 7.11 Å². The summed E-state index contributed by atoms with van der Waals surface area (Å²) in [5.41, 5.74) is 0.334. The molecule has 1 heterocycles. The maximum Gasteiger partial charge on any atom is 0.433 e. The molecule has 2 aromatic rings. The quantitative estimate of drug-likeness (QED) is 0.812. The topological polar surface area (TPSA) is 22.1 Å². The summed E-state index contributed by atoms with van der Waals surface area (Å²) < 4.78 is 42.5. The van der Waals surface area contributed by atoms with Crippen molar-refractivity contribution < 1.29 is 17.9 Å². The number of aromatic nitrogens is 1. The van der Waals surface area contributed by atoms with E-state index in [1.54, 1.807) is 24.3 Å². The van der Waals surface area contributed by atoms with E-state index in [1.807, 2.05) is 6.07 Å². The van der Waals surface area contributed by atoms with E-state index in [9.17, 15) is 13.2 Å². The molecule has 1 aromatic heterocycles. The third-order valence-electron chi connectivity index (χ3n) is 2.43. The summed E-state index contributed by atoms with van der Waals surface area (Å²) in [7, 11) is 1.30. The molecule has 0 unspecified atom stereocenters. The first-order valence-corrected chi connectivity index (χ1v) is 5.20. The average Bonchev–Trinajstić information content (AvgIpc) is 2.38. The van der Waals surface area contributed by atoms with Crippen molar-refractivity contribution in [1.82, 2.24) is 4.98 Å². The van der Waals surface area contributed by atoms with Gasteiger partial charge in [0.1, 0.15) is 5.69 Å². The molecule has 0 aliphatic heterocycles. The van der Waals surface area contributed by atoms with Gasteiger partial charge >= 0.3 is 6.18 Å². The first-order chi connectivity index (χ1) is 8.52. The number of alkyl halides is 3. The van der Waals surface area contributed by atoms with Gasteiger partial charge in [-0.15, -0.1) is 0 Å². The van der Waals surface area contributed by atoms with E-state index in [1.165, 1.54) is 13.2 Å². The number of benzene rings is 1. The Morgan fingerprint density at radius 1 is 1.00 bits per heavy atom. The number of hydrogen-bond acceptors (Lipinski definition) is 2. The second-order valence-electron chi connectivity index (χ2n) is 3.62. The number of hydrogen-bond donors (Lipinski definition) is 0. The van der Waals surface area contributed by atoms with E-state index in [4.69, 9.17) is 4.74 Å². The minimum absolute atomic E-state index is 0.0315. The Balaban J connectivity index is 2.51. The van der Waals surface area contributed by atoms with Crippen molar-refractivity contribution in [2.24, 2.45) is 0 Å². The monoisotopic (exact) mass is 253 g/mol. The van der Waals surface area contributed by atoms with Gasteiger partial charge in [0.25, 0.3) is 0 Å². The van der Waals surface area contributed by atoms with Gasteiger partial charge in [-0.05, 0) is 17.7 Å². The molecule has 1 aromatic carbocycles. The number of methoxy groups -OCH3 is 1. The maximum atomic E-state index is 12.5. The van der Waals surface area contributed by atoms with Crippen LogP contribution < -0.4 is 4.74 Å². The first-order valence-electron chi connectivity index (χ1n) is 5.20. The zero-order valence-electron chi connectivity index (χ0n) is 9.53. The van der Waals surface area contributed by atoms with Crippen LogP contribution >= 0.6 is 0 Å². The number of rotatable bonds is 2. The molecule has 0 radical (unpaired) electrons. The Labute approximate surface area is 102 Å². The van der Waals surface area contributed by atoms with Crippen LogP contribution in [0.25, 0.3) is 11.1 Å². The first kappa shape index (κ1) is 12.4. The van der Waals surface area contributed by atoms with E-state index in [0.29, 0.717) is 5.56 Å². The highest BCUT2D eigenvalue weighted by Gasteiger charge is 2.33. The fraction of sp³-hybridized carbons (Fsp3) is 0.154. The lowest BCUT2D eigenvalue weighted by atomic mass is 10.1. The smallest absolute Gasteiger partial charge is 0.433 e. The number of pyridine rings is 1. The van der Waals surface area contributed by atoms with E-state index in [-0.39, 0.29) is 5.88 Å². The van der Waals surface area contributed by atoms with Crippen LogP contribution in [0.2, 0.25) is 0 Å². The predicted molar refractivity (Wildman–Crippen MR) is 61.2 cm³/mol. The SMILES string of the molecule is COc1nc(C(F)(F)F)ccc1-c1ccccc1. The molecule has 94 valence electrons. The molecule has 0 aliphatic carbocycles. The van der Waals surface area contributed by atoms with Gasteiger partial charge in [-0.2, -0.15) is 13.2 Å². The minimum Gasteiger partial charge on any atom is -0.481 e. The predicted octanol–water partition coefficient (Wildman–Crippen LogP) is 3.78. The molecule has 0 aliphatic rings. The van der Waals surface area contributed by atoms with Crippen LogP contribution in [0, 0.1) is 0 Å². The summed E-state index contributed by atoms with van der Waals surface area (Å²) in [6.07, 6.45) is -4.47. The summed E-state index contributed by atoms with van der Waals surface area (Å²) in [5, 5.41) is 0. The molecule has 5 heteroatoms. The molecule has 0 saturated carbocycles. The number of nitrogens with zero attached hydrogens (tertiary/aromatic N) is 1. The Morgan fingerprint density at radius 2 is 1.67 bits per heavy atom. The Bertz CT molecular complexity index is 538. The van der Waals surface area contributed by atoms with Crippen LogP contribution in [-0.4, -0.2) is 12.1 Å². The maximum absolute atomic E-state index is 12.5. The summed E-state index contributed by atoms with van der Waals surface area (Å²) in [4.78, 5) is 3.49. The molecule has 2 rings (SSSR count). The van der Waals surface area contributed by atoms with Crippen molar-refractivity contribution in [3.05, 3.63) is 48.2 Å². The molecule has 0 atom stereocenters. The van der Waals surface area contributed by atoms with Crippen molar-refractivity contribution in [2.45, 2.75) is 6.18 Å². The zero-order chi connectivity index (χ0) is 13.2.